The first kappa shape index (κ1) is 16.3. The van der Waals surface area contributed by atoms with Crippen LogP contribution in [0.1, 0.15) is 6.92 Å². The van der Waals surface area contributed by atoms with Crippen LogP contribution in [-0.2, 0) is 10.0 Å². The fourth-order valence-corrected chi connectivity index (χ4v) is 2.63. The van der Waals surface area contributed by atoms with Crippen molar-refractivity contribution in [2.45, 2.75) is 17.9 Å². The van der Waals surface area contributed by atoms with Gasteiger partial charge in [0, 0.05) is 19.6 Å². The topological polar surface area (TPSA) is 63.4 Å². The van der Waals surface area contributed by atoms with E-state index in [1.54, 1.807) is 6.92 Å². The molecule has 1 aromatic carbocycles. The van der Waals surface area contributed by atoms with Crippen molar-refractivity contribution in [2.24, 2.45) is 5.73 Å². The summed E-state index contributed by atoms with van der Waals surface area (Å²) in [5.41, 5.74) is 5.39. The van der Waals surface area contributed by atoms with Gasteiger partial charge in [-0.05, 0) is 19.1 Å². The van der Waals surface area contributed by atoms with Gasteiger partial charge in [-0.1, -0.05) is 12.1 Å². The molecule has 0 aliphatic heterocycles. The second-order valence-corrected chi connectivity index (χ2v) is 5.50. The Morgan fingerprint density at radius 2 is 1.94 bits per heavy atom. The van der Waals surface area contributed by atoms with E-state index in [0.717, 1.165) is 10.4 Å². The van der Waals surface area contributed by atoms with E-state index in [9.17, 15) is 12.8 Å². The van der Waals surface area contributed by atoms with Crippen molar-refractivity contribution in [1.29, 1.82) is 0 Å². The monoisotopic (exact) mass is 282 g/mol. The van der Waals surface area contributed by atoms with Crippen LogP contribution >= 0.6 is 12.4 Å². The van der Waals surface area contributed by atoms with Crippen LogP contribution in [0.5, 0.6) is 0 Å². The predicted octanol–water partition coefficient (Wildman–Crippen LogP) is 1.22. The third-order valence-corrected chi connectivity index (χ3v) is 4.46. The molecule has 0 heterocycles. The highest BCUT2D eigenvalue weighted by Crippen LogP contribution is 2.18. The van der Waals surface area contributed by atoms with Crippen LogP contribution < -0.4 is 5.73 Å². The van der Waals surface area contributed by atoms with Crippen molar-refractivity contribution >= 4 is 22.4 Å². The average molecular weight is 283 g/mol. The third-order valence-electron chi connectivity index (χ3n) is 2.46. The van der Waals surface area contributed by atoms with Gasteiger partial charge in [-0.2, -0.15) is 4.31 Å². The number of likely N-dealkylation sites (N-methyl/N-ethyl adjacent to an activating group) is 1. The van der Waals surface area contributed by atoms with Crippen molar-refractivity contribution in [3.63, 3.8) is 0 Å². The maximum atomic E-state index is 13.4. The Morgan fingerprint density at radius 1 is 1.41 bits per heavy atom. The molecular formula is C10H16ClFN2O2S. The van der Waals surface area contributed by atoms with E-state index < -0.39 is 15.8 Å². The van der Waals surface area contributed by atoms with Gasteiger partial charge in [0.1, 0.15) is 10.7 Å². The van der Waals surface area contributed by atoms with Crippen molar-refractivity contribution < 1.29 is 12.8 Å². The second-order valence-electron chi connectivity index (χ2n) is 3.54. The maximum absolute atomic E-state index is 13.4. The highest BCUT2D eigenvalue weighted by molar-refractivity contribution is 7.89. The largest absolute Gasteiger partial charge is 0.329 e. The molecule has 7 heteroatoms. The van der Waals surface area contributed by atoms with E-state index in [2.05, 4.69) is 0 Å². The molecule has 1 atom stereocenters. The summed E-state index contributed by atoms with van der Waals surface area (Å²) in [5.74, 6) is -0.751. The molecule has 0 aromatic heterocycles. The minimum atomic E-state index is -3.80. The van der Waals surface area contributed by atoms with E-state index in [4.69, 9.17) is 5.73 Å². The zero-order valence-corrected chi connectivity index (χ0v) is 11.3. The summed E-state index contributed by atoms with van der Waals surface area (Å²) in [4.78, 5) is -0.321. The molecule has 2 N–H and O–H groups in total. The standard InChI is InChI=1S/C10H15FN2O2S.ClH/c1-8(7-12)13(2)16(14,15)10-6-4-3-5-9(10)11;/h3-6,8H,7,12H2,1-2H3;1H. The summed E-state index contributed by atoms with van der Waals surface area (Å²) in [5, 5.41) is 0. The molecule has 0 spiro atoms. The minimum Gasteiger partial charge on any atom is -0.329 e. The molecule has 0 radical (unpaired) electrons. The zero-order chi connectivity index (χ0) is 12.3. The Balaban J connectivity index is 0.00000256. The highest BCUT2D eigenvalue weighted by atomic mass is 35.5. The molecular weight excluding hydrogens is 267 g/mol. The molecule has 0 fully saturated rings. The number of nitrogens with zero attached hydrogens (tertiary/aromatic N) is 1. The third kappa shape index (κ3) is 3.38. The lowest BCUT2D eigenvalue weighted by Gasteiger charge is -2.23. The van der Waals surface area contributed by atoms with Crippen LogP contribution in [0.4, 0.5) is 4.39 Å². The molecule has 0 saturated heterocycles. The van der Waals surface area contributed by atoms with Crippen molar-refractivity contribution in [2.75, 3.05) is 13.6 Å². The SMILES string of the molecule is CC(CN)N(C)S(=O)(=O)c1ccccc1F.Cl. The number of benzene rings is 1. The number of hydrogen-bond acceptors (Lipinski definition) is 3. The lowest BCUT2D eigenvalue weighted by Crippen LogP contribution is -2.39. The summed E-state index contributed by atoms with van der Waals surface area (Å²) < 4.78 is 38.4. The van der Waals surface area contributed by atoms with Crippen LogP contribution in [0.3, 0.4) is 0 Å². The Morgan fingerprint density at radius 3 is 2.41 bits per heavy atom. The molecule has 0 amide bonds. The van der Waals surface area contributed by atoms with Gasteiger partial charge < -0.3 is 5.73 Å². The molecule has 4 nitrogen and oxygen atoms in total. The van der Waals surface area contributed by atoms with Crippen molar-refractivity contribution in [3.05, 3.63) is 30.1 Å². The fourth-order valence-electron chi connectivity index (χ4n) is 1.19. The summed E-state index contributed by atoms with van der Waals surface area (Å²) in [6.45, 7) is 1.85. The van der Waals surface area contributed by atoms with Gasteiger partial charge in [0.25, 0.3) is 0 Å². The second kappa shape index (κ2) is 6.30. The highest BCUT2D eigenvalue weighted by Gasteiger charge is 2.26. The van der Waals surface area contributed by atoms with Crippen LogP contribution in [-0.4, -0.2) is 32.4 Å². The molecule has 1 unspecified atom stereocenters. The lowest BCUT2D eigenvalue weighted by atomic mass is 10.3. The zero-order valence-electron chi connectivity index (χ0n) is 9.63. The summed E-state index contributed by atoms with van der Waals surface area (Å²) >= 11 is 0. The van der Waals surface area contributed by atoms with Gasteiger partial charge in [-0.15, -0.1) is 12.4 Å². The normalized spacial score (nSPS) is 13.2. The predicted molar refractivity (Wildman–Crippen MR) is 67.1 cm³/mol. The van der Waals surface area contributed by atoms with E-state index in [-0.39, 0.29) is 29.9 Å². The summed E-state index contributed by atoms with van der Waals surface area (Å²) in [7, 11) is -2.41. The van der Waals surface area contributed by atoms with Crippen molar-refractivity contribution in [1.82, 2.24) is 4.31 Å². The van der Waals surface area contributed by atoms with Crippen LogP contribution in [0, 0.1) is 5.82 Å². The number of hydrogen-bond donors (Lipinski definition) is 1. The molecule has 1 aromatic rings. The van der Waals surface area contributed by atoms with Gasteiger partial charge >= 0.3 is 0 Å². The number of rotatable bonds is 4. The molecule has 0 bridgehead atoms. The molecule has 17 heavy (non-hydrogen) atoms. The molecule has 0 saturated carbocycles. The van der Waals surface area contributed by atoms with Gasteiger partial charge in [0.05, 0.1) is 0 Å². The Bertz CT molecular complexity index is 467. The lowest BCUT2D eigenvalue weighted by molar-refractivity contribution is 0.391. The van der Waals surface area contributed by atoms with Crippen molar-refractivity contribution in [3.8, 4) is 0 Å². The number of nitrogens with two attached hydrogens (primary N) is 1. The molecule has 0 aliphatic carbocycles. The van der Waals surface area contributed by atoms with Gasteiger partial charge in [0.2, 0.25) is 10.0 Å². The minimum absolute atomic E-state index is 0. The van der Waals surface area contributed by atoms with E-state index in [0.29, 0.717) is 0 Å². The molecule has 0 aliphatic rings. The Labute approximate surface area is 107 Å². The fraction of sp³-hybridized carbons (Fsp3) is 0.400. The van der Waals surface area contributed by atoms with E-state index >= 15 is 0 Å². The molecule has 98 valence electrons. The van der Waals surface area contributed by atoms with Gasteiger partial charge in [0.15, 0.2) is 0 Å². The Hall–Kier alpha value is -0.690. The Kier molecular flexibility index (Phi) is 6.04. The quantitative estimate of drug-likeness (QED) is 0.903. The van der Waals surface area contributed by atoms with Gasteiger partial charge in [-0.3, -0.25) is 0 Å². The first-order valence-electron chi connectivity index (χ1n) is 4.84. The molecule has 1 rings (SSSR count). The first-order valence-corrected chi connectivity index (χ1v) is 6.28. The van der Waals surface area contributed by atoms with E-state index in [1.807, 2.05) is 0 Å². The summed E-state index contributed by atoms with van der Waals surface area (Å²) in [6, 6.07) is 4.92. The number of halogens is 2. The maximum Gasteiger partial charge on any atom is 0.246 e. The van der Waals surface area contributed by atoms with Crippen LogP contribution in [0.2, 0.25) is 0 Å². The van der Waals surface area contributed by atoms with Gasteiger partial charge in [-0.25, -0.2) is 12.8 Å². The first-order chi connectivity index (χ1) is 7.41. The number of sulfonamides is 1. The smallest absolute Gasteiger partial charge is 0.246 e. The average Bonchev–Trinajstić information content (AvgIpc) is 2.27. The van der Waals surface area contributed by atoms with Crippen LogP contribution in [0.25, 0.3) is 0 Å². The summed E-state index contributed by atoms with van der Waals surface area (Å²) in [6.07, 6.45) is 0. The van der Waals surface area contributed by atoms with Crippen LogP contribution in [0.15, 0.2) is 29.2 Å². The van der Waals surface area contributed by atoms with E-state index in [1.165, 1.54) is 25.2 Å².